The van der Waals surface area contributed by atoms with Crippen LogP contribution in [-0.4, -0.2) is 37.1 Å². The highest BCUT2D eigenvalue weighted by Crippen LogP contribution is 2.15. The molecule has 0 atom stereocenters. The largest absolute Gasteiger partial charge is 0.492 e. The van der Waals surface area contributed by atoms with E-state index in [0.717, 1.165) is 31.8 Å². The Morgan fingerprint density at radius 1 is 1.45 bits per heavy atom. The van der Waals surface area contributed by atoms with Gasteiger partial charge in [0.25, 0.3) is 0 Å². The maximum absolute atomic E-state index is 12.9. The van der Waals surface area contributed by atoms with Crippen LogP contribution in [0.15, 0.2) is 29.3 Å². The Labute approximate surface area is 119 Å². The third-order valence-corrected chi connectivity index (χ3v) is 3.54. The molecule has 0 saturated carbocycles. The molecular weight excluding hydrogens is 257 g/mol. The molecule has 4 nitrogen and oxygen atoms in total. The monoisotopic (exact) mass is 279 g/mol. The number of benzene rings is 1. The van der Waals surface area contributed by atoms with Gasteiger partial charge < -0.3 is 15.4 Å². The summed E-state index contributed by atoms with van der Waals surface area (Å²) >= 11 is 0. The molecule has 1 saturated heterocycles. The Morgan fingerprint density at radius 3 is 2.90 bits per heavy atom. The zero-order chi connectivity index (χ0) is 14.4. The maximum Gasteiger partial charge on any atom is 0.191 e. The lowest BCUT2D eigenvalue weighted by Gasteiger charge is -2.31. The number of rotatable bonds is 4. The molecule has 0 radical (unpaired) electrons. The Bertz CT molecular complexity index is 456. The van der Waals surface area contributed by atoms with Crippen molar-refractivity contribution in [1.82, 2.24) is 4.90 Å². The van der Waals surface area contributed by atoms with Crippen LogP contribution in [0.2, 0.25) is 0 Å². The number of guanidine groups is 1. The number of aliphatic imine (C=N–C) groups is 1. The van der Waals surface area contributed by atoms with Crippen molar-refractivity contribution >= 4 is 5.96 Å². The Morgan fingerprint density at radius 2 is 2.20 bits per heavy atom. The van der Waals surface area contributed by atoms with E-state index in [2.05, 4.69) is 16.8 Å². The summed E-state index contributed by atoms with van der Waals surface area (Å²) in [5.74, 6) is 1.58. The van der Waals surface area contributed by atoms with Gasteiger partial charge in [0.1, 0.15) is 18.2 Å². The number of hydrogen-bond donors (Lipinski definition) is 1. The van der Waals surface area contributed by atoms with E-state index in [0.29, 0.717) is 24.9 Å². The highest BCUT2D eigenvalue weighted by Gasteiger charge is 2.16. The first-order valence-electron chi connectivity index (χ1n) is 7.08. The molecule has 0 bridgehead atoms. The van der Waals surface area contributed by atoms with Gasteiger partial charge in [-0.2, -0.15) is 0 Å². The van der Waals surface area contributed by atoms with Gasteiger partial charge in [0, 0.05) is 19.2 Å². The Kier molecular flexibility index (Phi) is 5.21. The fourth-order valence-electron chi connectivity index (χ4n) is 2.22. The molecule has 0 aliphatic carbocycles. The van der Waals surface area contributed by atoms with Crippen LogP contribution in [0.25, 0.3) is 0 Å². The average molecular weight is 279 g/mol. The normalized spacial score (nSPS) is 17.3. The van der Waals surface area contributed by atoms with Crippen LogP contribution >= 0.6 is 0 Å². The molecule has 20 heavy (non-hydrogen) atoms. The lowest BCUT2D eigenvalue weighted by molar-refractivity contribution is 0.276. The van der Waals surface area contributed by atoms with Crippen LogP contribution in [0.3, 0.4) is 0 Å². The van der Waals surface area contributed by atoms with Gasteiger partial charge in [0.15, 0.2) is 5.96 Å². The van der Waals surface area contributed by atoms with Gasteiger partial charge in [0.2, 0.25) is 0 Å². The lowest BCUT2D eigenvalue weighted by atomic mass is 10.00. The number of nitrogens with zero attached hydrogens (tertiary/aromatic N) is 2. The topological polar surface area (TPSA) is 50.8 Å². The predicted octanol–water partition coefficient (Wildman–Crippen LogP) is 2.25. The first-order valence-corrected chi connectivity index (χ1v) is 7.08. The van der Waals surface area contributed by atoms with Gasteiger partial charge in [-0.1, -0.05) is 13.0 Å². The number of hydrogen-bond acceptors (Lipinski definition) is 2. The van der Waals surface area contributed by atoms with E-state index in [9.17, 15) is 4.39 Å². The van der Waals surface area contributed by atoms with Crippen LogP contribution in [0.4, 0.5) is 4.39 Å². The van der Waals surface area contributed by atoms with Crippen molar-refractivity contribution in [3.63, 3.8) is 0 Å². The standard InChI is InChI=1S/C15H22FN3O/c1-12-5-8-19(9-6-12)15(17)18-7-10-20-14-4-2-3-13(16)11-14/h2-4,11-12H,5-10H2,1H3,(H2,17,18). The summed E-state index contributed by atoms with van der Waals surface area (Å²) in [5.41, 5.74) is 5.96. The minimum atomic E-state index is -0.298. The molecule has 1 heterocycles. The quantitative estimate of drug-likeness (QED) is 0.522. The zero-order valence-electron chi connectivity index (χ0n) is 11.9. The van der Waals surface area contributed by atoms with Gasteiger partial charge in [-0.25, -0.2) is 9.38 Å². The molecule has 1 aliphatic rings. The van der Waals surface area contributed by atoms with Crippen molar-refractivity contribution in [3.8, 4) is 5.75 Å². The predicted molar refractivity (Wildman–Crippen MR) is 78.4 cm³/mol. The molecule has 1 aromatic carbocycles. The van der Waals surface area contributed by atoms with E-state index >= 15 is 0 Å². The third kappa shape index (κ3) is 4.40. The number of likely N-dealkylation sites (tertiary alicyclic amines) is 1. The highest BCUT2D eigenvalue weighted by molar-refractivity contribution is 5.78. The summed E-state index contributed by atoms with van der Waals surface area (Å²) < 4.78 is 18.4. The van der Waals surface area contributed by atoms with Crippen molar-refractivity contribution in [2.45, 2.75) is 19.8 Å². The summed E-state index contributed by atoms with van der Waals surface area (Å²) in [6, 6.07) is 6.10. The number of ether oxygens (including phenoxy) is 1. The van der Waals surface area contributed by atoms with Gasteiger partial charge in [-0.3, -0.25) is 0 Å². The second kappa shape index (κ2) is 7.12. The van der Waals surface area contributed by atoms with Crippen molar-refractivity contribution in [2.75, 3.05) is 26.2 Å². The van der Waals surface area contributed by atoms with Crippen LogP contribution in [0.1, 0.15) is 19.8 Å². The Hall–Kier alpha value is -1.78. The Balaban J connectivity index is 1.73. The molecule has 1 fully saturated rings. The molecule has 0 aromatic heterocycles. The maximum atomic E-state index is 12.9. The second-order valence-electron chi connectivity index (χ2n) is 5.22. The van der Waals surface area contributed by atoms with Gasteiger partial charge >= 0.3 is 0 Å². The first kappa shape index (κ1) is 14.6. The fraction of sp³-hybridized carbons (Fsp3) is 0.533. The van der Waals surface area contributed by atoms with E-state index in [-0.39, 0.29) is 5.82 Å². The lowest BCUT2D eigenvalue weighted by Crippen LogP contribution is -2.42. The zero-order valence-corrected chi connectivity index (χ0v) is 11.9. The van der Waals surface area contributed by atoms with Crippen LogP contribution in [0, 0.1) is 11.7 Å². The minimum absolute atomic E-state index is 0.298. The molecule has 5 heteroatoms. The van der Waals surface area contributed by atoms with Gasteiger partial charge in [-0.15, -0.1) is 0 Å². The number of nitrogens with two attached hydrogens (primary N) is 1. The summed E-state index contributed by atoms with van der Waals surface area (Å²) in [6.07, 6.45) is 2.33. The highest BCUT2D eigenvalue weighted by atomic mass is 19.1. The second-order valence-corrected chi connectivity index (χ2v) is 5.22. The van der Waals surface area contributed by atoms with E-state index in [1.54, 1.807) is 12.1 Å². The van der Waals surface area contributed by atoms with E-state index in [1.165, 1.54) is 12.1 Å². The molecule has 1 aliphatic heterocycles. The van der Waals surface area contributed by atoms with Crippen molar-refractivity contribution in [3.05, 3.63) is 30.1 Å². The minimum Gasteiger partial charge on any atom is -0.492 e. The molecular formula is C15H22FN3O. The third-order valence-electron chi connectivity index (χ3n) is 3.54. The van der Waals surface area contributed by atoms with E-state index in [1.807, 2.05) is 0 Å². The summed E-state index contributed by atoms with van der Waals surface area (Å²) in [6.45, 7) is 5.09. The molecule has 0 spiro atoms. The van der Waals surface area contributed by atoms with E-state index < -0.39 is 0 Å². The van der Waals surface area contributed by atoms with Crippen LogP contribution in [-0.2, 0) is 0 Å². The summed E-state index contributed by atoms with van der Waals surface area (Å²) in [5, 5.41) is 0. The van der Waals surface area contributed by atoms with Gasteiger partial charge in [0.05, 0.1) is 6.54 Å². The summed E-state index contributed by atoms with van der Waals surface area (Å²) in [4.78, 5) is 6.43. The van der Waals surface area contributed by atoms with E-state index in [4.69, 9.17) is 10.5 Å². The fourth-order valence-corrected chi connectivity index (χ4v) is 2.22. The molecule has 0 amide bonds. The smallest absolute Gasteiger partial charge is 0.191 e. The molecule has 110 valence electrons. The number of halogens is 1. The average Bonchev–Trinajstić information content (AvgIpc) is 2.44. The van der Waals surface area contributed by atoms with Crippen LogP contribution < -0.4 is 10.5 Å². The van der Waals surface area contributed by atoms with Crippen LogP contribution in [0.5, 0.6) is 5.75 Å². The van der Waals surface area contributed by atoms with Crippen molar-refractivity contribution in [1.29, 1.82) is 0 Å². The molecule has 1 aromatic rings. The summed E-state index contributed by atoms with van der Waals surface area (Å²) in [7, 11) is 0. The first-order chi connectivity index (χ1) is 9.65. The van der Waals surface area contributed by atoms with Gasteiger partial charge in [-0.05, 0) is 30.9 Å². The molecule has 2 rings (SSSR count). The SMILES string of the molecule is CC1CCN(C(N)=NCCOc2cccc(F)c2)CC1. The van der Waals surface area contributed by atoms with Crippen molar-refractivity contribution in [2.24, 2.45) is 16.6 Å². The molecule has 0 unspecified atom stereocenters. The number of piperidine rings is 1. The van der Waals surface area contributed by atoms with Crippen molar-refractivity contribution < 1.29 is 9.13 Å². The molecule has 2 N–H and O–H groups in total.